The molecule has 0 aliphatic heterocycles. The zero-order valence-electron chi connectivity index (χ0n) is 10.9. The summed E-state index contributed by atoms with van der Waals surface area (Å²) in [4.78, 5) is 0. The van der Waals surface area contributed by atoms with Crippen LogP contribution in [0.4, 0.5) is 0 Å². The fraction of sp³-hybridized carbons (Fsp3) is 0.357. The smallest absolute Gasteiger partial charge is 0.174 e. The molecule has 0 aliphatic carbocycles. The SMILES string of the molecule is CCCNCc1cc(OCc2ccno2)ccc1Br. The van der Waals surface area contributed by atoms with E-state index in [1.807, 2.05) is 18.2 Å². The van der Waals surface area contributed by atoms with Gasteiger partial charge in [-0.25, -0.2) is 0 Å². The molecule has 1 N–H and O–H groups in total. The van der Waals surface area contributed by atoms with Gasteiger partial charge in [0.25, 0.3) is 0 Å². The van der Waals surface area contributed by atoms with E-state index in [9.17, 15) is 0 Å². The van der Waals surface area contributed by atoms with Crippen LogP contribution in [0.5, 0.6) is 5.75 Å². The molecule has 2 aromatic rings. The lowest BCUT2D eigenvalue weighted by Crippen LogP contribution is -2.14. The molecule has 0 atom stereocenters. The van der Waals surface area contributed by atoms with Crippen molar-refractivity contribution in [2.45, 2.75) is 26.5 Å². The van der Waals surface area contributed by atoms with E-state index in [1.54, 1.807) is 12.3 Å². The number of ether oxygens (including phenoxy) is 1. The number of nitrogens with one attached hydrogen (secondary N) is 1. The van der Waals surface area contributed by atoms with Gasteiger partial charge in [-0.1, -0.05) is 28.0 Å². The first-order valence-corrected chi connectivity index (χ1v) is 7.10. The van der Waals surface area contributed by atoms with Crippen LogP contribution in [0.1, 0.15) is 24.7 Å². The van der Waals surface area contributed by atoms with Crippen LogP contribution in [0.25, 0.3) is 0 Å². The Hall–Kier alpha value is -1.33. The Bertz CT molecular complexity index is 500. The van der Waals surface area contributed by atoms with E-state index in [2.05, 4.69) is 33.3 Å². The van der Waals surface area contributed by atoms with E-state index in [0.29, 0.717) is 12.4 Å². The maximum absolute atomic E-state index is 5.67. The summed E-state index contributed by atoms with van der Waals surface area (Å²) < 4.78 is 11.7. The van der Waals surface area contributed by atoms with Gasteiger partial charge in [-0.3, -0.25) is 0 Å². The minimum absolute atomic E-state index is 0.392. The maximum atomic E-state index is 5.67. The Labute approximate surface area is 121 Å². The third kappa shape index (κ3) is 4.36. The van der Waals surface area contributed by atoms with E-state index in [-0.39, 0.29) is 0 Å². The van der Waals surface area contributed by atoms with Gasteiger partial charge in [0.15, 0.2) is 5.76 Å². The fourth-order valence-electron chi connectivity index (χ4n) is 1.65. The molecule has 1 heterocycles. The number of aromatic nitrogens is 1. The van der Waals surface area contributed by atoms with Crippen LogP contribution in [0.3, 0.4) is 0 Å². The van der Waals surface area contributed by atoms with Gasteiger partial charge in [0.05, 0.1) is 6.20 Å². The van der Waals surface area contributed by atoms with E-state index < -0.39 is 0 Å². The number of nitrogens with zero attached hydrogens (tertiary/aromatic N) is 1. The molecule has 2 rings (SSSR count). The summed E-state index contributed by atoms with van der Waals surface area (Å²) in [5.74, 6) is 1.54. The van der Waals surface area contributed by atoms with Gasteiger partial charge < -0.3 is 14.6 Å². The Morgan fingerprint density at radius 2 is 2.26 bits per heavy atom. The molecule has 102 valence electrons. The summed E-state index contributed by atoms with van der Waals surface area (Å²) in [6, 6.07) is 7.76. The lowest BCUT2D eigenvalue weighted by molar-refractivity contribution is 0.249. The predicted octanol–water partition coefficient (Wildman–Crippen LogP) is 3.52. The Morgan fingerprint density at radius 1 is 1.37 bits per heavy atom. The van der Waals surface area contributed by atoms with Crippen molar-refractivity contribution in [3.05, 3.63) is 46.3 Å². The zero-order chi connectivity index (χ0) is 13.5. The minimum Gasteiger partial charge on any atom is -0.486 e. The third-order valence-corrected chi connectivity index (χ3v) is 3.41. The number of hydrogen-bond donors (Lipinski definition) is 1. The fourth-order valence-corrected chi connectivity index (χ4v) is 2.03. The molecule has 0 amide bonds. The van der Waals surface area contributed by atoms with Crippen LogP contribution < -0.4 is 10.1 Å². The van der Waals surface area contributed by atoms with Crippen LogP contribution in [0.15, 0.2) is 39.5 Å². The summed E-state index contributed by atoms with van der Waals surface area (Å²) >= 11 is 3.55. The molecule has 0 saturated carbocycles. The first kappa shape index (κ1) is 14.1. The molecule has 0 fully saturated rings. The van der Waals surface area contributed by atoms with E-state index >= 15 is 0 Å². The minimum atomic E-state index is 0.392. The number of halogens is 1. The lowest BCUT2D eigenvalue weighted by atomic mass is 10.2. The van der Waals surface area contributed by atoms with Crippen LogP contribution >= 0.6 is 15.9 Å². The standard InChI is InChI=1S/C14H17BrN2O2/c1-2-6-16-9-11-8-12(3-4-14(11)15)18-10-13-5-7-17-19-13/h3-5,7-8,16H,2,6,9-10H2,1H3. The molecule has 0 saturated heterocycles. The molecular weight excluding hydrogens is 308 g/mol. The van der Waals surface area contributed by atoms with Crippen LogP contribution in [-0.2, 0) is 13.2 Å². The summed E-state index contributed by atoms with van der Waals surface area (Å²) in [6.07, 6.45) is 2.74. The van der Waals surface area contributed by atoms with Crippen LogP contribution in [0.2, 0.25) is 0 Å². The Kier molecular flexibility index (Phi) is 5.42. The second-order valence-corrected chi connectivity index (χ2v) is 5.05. The predicted molar refractivity (Wildman–Crippen MR) is 77.0 cm³/mol. The van der Waals surface area contributed by atoms with Gasteiger partial charge in [0.2, 0.25) is 0 Å². The number of hydrogen-bond acceptors (Lipinski definition) is 4. The summed E-state index contributed by atoms with van der Waals surface area (Å²) in [6.45, 7) is 4.38. The molecule has 1 aromatic carbocycles. The quantitative estimate of drug-likeness (QED) is 0.792. The maximum Gasteiger partial charge on any atom is 0.174 e. The zero-order valence-corrected chi connectivity index (χ0v) is 12.4. The summed E-state index contributed by atoms with van der Waals surface area (Å²) in [5, 5.41) is 7.02. The van der Waals surface area contributed by atoms with E-state index in [0.717, 1.165) is 29.7 Å². The second-order valence-electron chi connectivity index (χ2n) is 4.20. The highest BCUT2D eigenvalue weighted by molar-refractivity contribution is 9.10. The Morgan fingerprint density at radius 3 is 3.00 bits per heavy atom. The molecule has 0 aliphatic rings. The number of benzene rings is 1. The van der Waals surface area contributed by atoms with Crippen molar-refractivity contribution in [2.24, 2.45) is 0 Å². The van der Waals surface area contributed by atoms with Crippen molar-refractivity contribution >= 4 is 15.9 Å². The van der Waals surface area contributed by atoms with Gasteiger partial charge in [-0.15, -0.1) is 0 Å². The van der Waals surface area contributed by atoms with Gasteiger partial charge in [0, 0.05) is 17.1 Å². The average molecular weight is 325 g/mol. The Balaban J connectivity index is 1.95. The van der Waals surface area contributed by atoms with Crippen molar-refractivity contribution in [1.82, 2.24) is 10.5 Å². The van der Waals surface area contributed by atoms with Gasteiger partial charge in [0.1, 0.15) is 12.4 Å². The van der Waals surface area contributed by atoms with Gasteiger partial charge >= 0.3 is 0 Å². The van der Waals surface area contributed by atoms with E-state index in [1.165, 1.54) is 5.56 Å². The molecule has 1 aromatic heterocycles. The van der Waals surface area contributed by atoms with Gasteiger partial charge in [-0.05, 0) is 36.7 Å². The first-order valence-electron chi connectivity index (χ1n) is 6.31. The molecular formula is C14H17BrN2O2. The van der Waals surface area contributed by atoms with Crippen molar-refractivity contribution in [2.75, 3.05) is 6.54 Å². The van der Waals surface area contributed by atoms with Gasteiger partial charge in [-0.2, -0.15) is 0 Å². The van der Waals surface area contributed by atoms with Crippen LogP contribution in [0, 0.1) is 0 Å². The molecule has 0 unspecified atom stereocenters. The second kappa shape index (κ2) is 7.31. The highest BCUT2D eigenvalue weighted by atomic mass is 79.9. The third-order valence-electron chi connectivity index (χ3n) is 2.63. The lowest BCUT2D eigenvalue weighted by Gasteiger charge is -2.09. The summed E-state index contributed by atoms with van der Waals surface area (Å²) in [5.41, 5.74) is 1.18. The summed E-state index contributed by atoms with van der Waals surface area (Å²) in [7, 11) is 0. The first-order chi connectivity index (χ1) is 9.29. The molecule has 5 heteroatoms. The van der Waals surface area contributed by atoms with Crippen molar-refractivity contribution in [3.8, 4) is 5.75 Å². The molecule has 4 nitrogen and oxygen atoms in total. The largest absolute Gasteiger partial charge is 0.486 e. The number of rotatable bonds is 7. The van der Waals surface area contributed by atoms with Crippen molar-refractivity contribution in [3.63, 3.8) is 0 Å². The van der Waals surface area contributed by atoms with Crippen molar-refractivity contribution in [1.29, 1.82) is 0 Å². The molecule has 0 bridgehead atoms. The molecule has 19 heavy (non-hydrogen) atoms. The van der Waals surface area contributed by atoms with E-state index in [4.69, 9.17) is 9.26 Å². The molecule has 0 spiro atoms. The molecule has 0 radical (unpaired) electrons. The topological polar surface area (TPSA) is 47.3 Å². The normalized spacial score (nSPS) is 10.6. The average Bonchev–Trinajstić information content (AvgIpc) is 2.93. The highest BCUT2D eigenvalue weighted by Crippen LogP contribution is 2.23. The van der Waals surface area contributed by atoms with Crippen molar-refractivity contribution < 1.29 is 9.26 Å². The monoisotopic (exact) mass is 324 g/mol. The highest BCUT2D eigenvalue weighted by Gasteiger charge is 2.04. The van der Waals surface area contributed by atoms with Crippen LogP contribution in [-0.4, -0.2) is 11.7 Å².